The second-order valence-corrected chi connectivity index (χ2v) is 6.20. The highest BCUT2D eigenvalue weighted by molar-refractivity contribution is 5.82. The van der Waals surface area contributed by atoms with Crippen LogP contribution in [-0.2, 0) is 17.9 Å². The maximum atomic E-state index is 12.2. The largest absolute Gasteiger partial charge is 0.299 e. The molecular formula is C16H25N3O. The molecule has 0 amide bonds. The van der Waals surface area contributed by atoms with E-state index in [4.69, 9.17) is 0 Å². The molecule has 2 heterocycles. The van der Waals surface area contributed by atoms with Gasteiger partial charge in [-0.05, 0) is 39.2 Å². The number of aryl methyl sites for hydroxylation is 1. The molecular weight excluding hydrogens is 250 g/mol. The van der Waals surface area contributed by atoms with Gasteiger partial charge < -0.3 is 0 Å². The van der Waals surface area contributed by atoms with Crippen LogP contribution in [0.5, 0.6) is 0 Å². The number of ketones is 1. The van der Waals surface area contributed by atoms with Gasteiger partial charge in [-0.3, -0.25) is 14.4 Å². The van der Waals surface area contributed by atoms with E-state index in [0.717, 1.165) is 38.9 Å². The van der Waals surface area contributed by atoms with E-state index >= 15 is 0 Å². The lowest BCUT2D eigenvalue weighted by atomic mass is 9.82. The summed E-state index contributed by atoms with van der Waals surface area (Å²) in [6, 6.07) is 0.479. The standard InChI is InChI=1S/C16H25N3O/c1-2-19-12-13(10-17-19)11-18-9-5-7-15(18)14-6-3-4-8-16(14)20/h10,12,14-15H,2-9,11H2,1H3. The summed E-state index contributed by atoms with van der Waals surface area (Å²) in [6.07, 6.45) is 10.8. The van der Waals surface area contributed by atoms with Crippen LogP contribution >= 0.6 is 0 Å². The van der Waals surface area contributed by atoms with Crippen molar-refractivity contribution in [2.24, 2.45) is 5.92 Å². The van der Waals surface area contributed by atoms with Gasteiger partial charge in [0, 0.05) is 43.2 Å². The Balaban J connectivity index is 1.67. The predicted molar refractivity (Wildman–Crippen MR) is 78.3 cm³/mol. The summed E-state index contributed by atoms with van der Waals surface area (Å²) in [5, 5.41) is 4.35. The fourth-order valence-electron chi connectivity index (χ4n) is 3.82. The normalized spacial score (nSPS) is 28.1. The smallest absolute Gasteiger partial charge is 0.137 e. The molecule has 1 aromatic rings. The van der Waals surface area contributed by atoms with Crippen molar-refractivity contribution < 1.29 is 4.79 Å². The van der Waals surface area contributed by atoms with Crippen molar-refractivity contribution in [3.05, 3.63) is 18.0 Å². The Labute approximate surface area is 121 Å². The molecule has 0 bridgehead atoms. The van der Waals surface area contributed by atoms with E-state index in [9.17, 15) is 4.79 Å². The molecule has 20 heavy (non-hydrogen) atoms. The lowest BCUT2D eigenvalue weighted by Crippen LogP contribution is -2.40. The van der Waals surface area contributed by atoms with E-state index in [2.05, 4.69) is 23.1 Å². The monoisotopic (exact) mass is 275 g/mol. The topological polar surface area (TPSA) is 38.1 Å². The lowest BCUT2D eigenvalue weighted by molar-refractivity contribution is -0.126. The van der Waals surface area contributed by atoms with Crippen LogP contribution in [0.25, 0.3) is 0 Å². The van der Waals surface area contributed by atoms with Crippen molar-refractivity contribution in [2.75, 3.05) is 6.54 Å². The van der Waals surface area contributed by atoms with Gasteiger partial charge in [0.15, 0.2) is 0 Å². The Morgan fingerprint density at radius 3 is 2.95 bits per heavy atom. The zero-order valence-corrected chi connectivity index (χ0v) is 12.4. The average Bonchev–Trinajstić information content (AvgIpc) is 3.09. The van der Waals surface area contributed by atoms with Gasteiger partial charge in [0.25, 0.3) is 0 Å². The van der Waals surface area contributed by atoms with E-state index in [1.807, 2.05) is 10.9 Å². The Bertz CT molecular complexity index is 468. The SMILES string of the molecule is CCn1cc(CN2CCCC2C2CCCCC2=O)cn1. The quantitative estimate of drug-likeness (QED) is 0.848. The molecule has 1 saturated heterocycles. The highest BCUT2D eigenvalue weighted by Gasteiger charge is 2.36. The molecule has 2 unspecified atom stereocenters. The Kier molecular flexibility index (Phi) is 4.20. The minimum absolute atomic E-state index is 0.299. The van der Waals surface area contributed by atoms with Gasteiger partial charge in [-0.15, -0.1) is 0 Å². The maximum absolute atomic E-state index is 12.2. The summed E-state index contributed by atoms with van der Waals surface area (Å²) in [5.41, 5.74) is 1.28. The van der Waals surface area contributed by atoms with Gasteiger partial charge in [0.1, 0.15) is 5.78 Å². The number of hydrogen-bond donors (Lipinski definition) is 0. The fraction of sp³-hybridized carbons (Fsp3) is 0.750. The van der Waals surface area contributed by atoms with Crippen molar-refractivity contribution in [2.45, 2.75) is 64.6 Å². The summed E-state index contributed by atoms with van der Waals surface area (Å²) in [7, 11) is 0. The Morgan fingerprint density at radius 2 is 2.20 bits per heavy atom. The summed E-state index contributed by atoms with van der Waals surface area (Å²) < 4.78 is 1.98. The van der Waals surface area contributed by atoms with Crippen molar-refractivity contribution in [3.63, 3.8) is 0 Å². The third-order valence-electron chi connectivity index (χ3n) is 4.88. The van der Waals surface area contributed by atoms with Gasteiger partial charge in [-0.25, -0.2) is 0 Å². The van der Waals surface area contributed by atoms with Gasteiger partial charge in [-0.1, -0.05) is 6.42 Å². The van der Waals surface area contributed by atoms with Crippen LogP contribution in [0.1, 0.15) is 51.0 Å². The summed E-state index contributed by atoms with van der Waals surface area (Å²) in [5.74, 6) is 0.810. The first-order valence-corrected chi connectivity index (χ1v) is 8.06. The van der Waals surface area contributed by atoms with Crippen molar-refractivity contribution in [1.82, 2.24) is 14.7 Å². The minimum atomic E-state index is 0.299. The first-order valence-electron chi connectivity index (χ1n) is 8.06. The first kappa shape index (κ1) is 13.8. The van der Waals surface area contributed by atoms with Gasteiger partial charge in [-0.2, -0.15) is 5.10 Å². The molecule has 2 aliphatic rings. The van der Waals surface area contributed by atoms with E-state index in [-0.39, 0.29) is 0 Å². The number of Topliss-reactive ketones (excluding diaryl/α,β-unsaturated/α-hetero) is 1. The molecule has 0 N–H and O–H groups in total. The van der Waals surface area contributed by atoms with Crippen LogP contribution in [0.2, 0.25) is 0 Å². The number of carbonyl (C=O) groups is 1. The molecule has 0 radical (unpaired) electrons. The molecule has 4 nitrogen and oxygen atoms in total. The number of aromatic nitrogens is 2. The highest BCUT2D eigenvalue weighted by atomic mass is 16.1. The first-order chi connectivity index (χ1) is 9.78. The third kappa shape index (κ3) is 2.80. The van der Waals surface area contributed by atoms with E-state index < -0.39 is 0 Å². The predicted octanol–water partition coefficient (Wildman–Crippen LogP) is 2.63. The number of likely N-dealkylation sites (tertiary alicyclic amines) is 1. The van der Waals surface area contributed by atoms with E-state index in [0.29, 0.717) is 17.7 Å². The molecule has 2 fully saturated rings. The number of nitrogens with zero attached hydrogens (tertiary/aromatic N) is 3. The fourth-order valence-corrected chi connectivity index (χ4v) is 3.82. The summed E-state index contributed by atoms with van der Waals surface area (Å²) >= 11 is 0. The second-order valence-electron chi connectivity index (χ2n) is 6.20. The molecule has 2 atom stereocenters. The Morgan fingerprint density at radius 1 is 1.30 bits per heavy atom. The van der Waals surface area contributed by atoms with Crippen LogP contribution in [0.4, 0.5) is 0 Å². The van der Waals surface area contributed by atoms with Crippen molar-refractivity contribution in [3.8, 4) is 0 Å². The molecule has 4 heteroatoms. The number of rotatable bonds is 4. The van der Waals surface area contributed by atoms with Crippen LogP contribution in [-0.4, -0.2) is 33.1 Å². The van der Waals surface area contributed by atoms with Crippen LogP contribution in [0.3, 0.4) is 0 Å². The number of hydrogen-bond acceptors (Lipinski definition) is 3. The van der Waals surface area contributed by atoms with Crippen molar-refractivity contribution in [1.29, 1.82) is 0 Å². The Hall–Kier alpha value is -1.16. The zero-order chi connectivity index (χ0) is 13.9. The van der Waals surface area contributed by atoms with E-state index in [1.165, 1.54) is 24.8 Å². The van der Waals surface area contributed by atoms with Crippen LogP contribution in [0, 0.1) is 5.92 Å². The zero-order valence-electron chi connectivity index (χ0n) is 12.4. The molecule has 1 aliphatic carbocycles. The lowest BCUT2D eigenvalue weighted by Gasteiger charge is -2.32. The molecule has 0 aromatic carbocycles. The van der Waals surface area contributed by atoms with Gasteiger partial charge >= 0.3 is 0 Å². The second kappa shape index (κ2) is 6.08. The van der Waals surface area contributed by atoms with Crippen LogP contribution < -0.4 is 0 Å². The molecule has 1 aromatic heterocycles. The summed E-state index contributed by atoms with van der Waals surface area (Å²) in [4.78, 5) is 14.7. The molecule has 110 valence electrons. The van der Waals surface area contributed by atoms with E-state index in [1.54, 1.807) is 0 Å². The van der Waals surface area contributed by atoms with Crippen molar-refractivity contribution >= 4 is 5.78 Å². The van der Waals surface area contributed by atoms with Gasteiger partial charge in [0.05, 0.1) is 6.20 Å². The van der Waals surface area contributed by atoms with Crippen LogP contribution in [0.15, 0.2) is 12.4 Å². The molecule has 0 spiro atoms. The molecule has 1 aliphatic heterocycles. The minimum Gasteiger partial charge on any atom is -0.299 e. The van der Waals surface area contributed by atoms with Gasteiger partial charge in [0.2, 0.25) is 0 Å². The number of carbonyl (C=O) groups excluding carboxylic acids is 1. The average molecular weight is 275 g/mol. The maximum Gasteiger partial charge on any atom is 0.137 e. The highest BCUT2D eigenvalue weighted by Crippen LogP contribution is 2.33. The third-order valence-corrected chi connectivity index (χ3v) is 4.88. The molecule has 1 saturated carbocycles. The molecule has 3 rings (SSSR count). The summed E-state index contributed by atoms with van der Waals surface area (Å²) in [6.45, 7) is 5.11.